The van der Waals surface area contributed by atoms with Crippen LogP contribution in [-0.2, 0) is 0 Å². The Hall–Kier alpha value is -1.25. The highest BCUT2D eigenvalue weighted by Gasteiger charge is 2.13. The molecule has 1 aromatic rings. The minimum absolute atomic E-state index is 0.711. The summed E-state index contributed by atoms with van der Waals surface area (Å²) in [6, 6.07) is 0. The maximum atomic E-state index is 5.39. The van der Waals surface area contributed by atoms with E-state index < -0.39 is 0 Å². The van der Waals surface area contributed by atoms with Crippen molar-refractivity contribution in [2.45, 2.75) is 41.5 Å². The molecule has 1 aromatic heterocycles. The fourth-order valence-electron chi connectivity index (χ4n) is 1.32. The lowest BCUT2D eigenvalue weighted by molar-refractivity contribution is 0.310. The average molecular weight is 224 g/mol. The van der Waals surface area contributed by atoms with E-state index in [9.17, 15) is 0 Å². The SMILES string of the molecule is CC.CC.Cc1cnc2c(c1C)NCCO2. The van der Waals surface area contributed by atoms with Crippen LogP contribution >= 0.6 is 0 Å². The summed E-state index contributed by atoms with van der Waals surface area (Å²) in [5, 5.41) is 3.28. The number of pyridine rings is 1. The molecule has 1 aliphatic rings. The molecule has 0 saturated carbocycles. The highest BCUT2D eigenvalue weighted by molar-refractivity contribution is 5.61. The van der Waals surface area contributed by atoms with Gasteiger partial charge < -0.3 is 10.1 Å². The molecule has 0 spiro atoms. The number of hydrogen-bond donors (Lipinski definition) is 1. The molecule has 3 heteroatoms. The highest BCUT2D eigenvalue weighted by Crippen LogP contribution is 2.29. The van der Waals surface area contributed by atoms with E-state index in [1.807, 2.05) is 33.9 Å². The number of anilines is 1. The van der Waals surface area contributed by atoms with Gasteiger partial charge in [-0.05, 0) is 25.0 Å². The van der Waals surface area contributed by atoms with Gasteiger partial charge in [-0.25, -0.2) is 4.98 Å². The Bertz CT molecular complexity index is 311. The largest absolute Gasteiger partial charge is 0.474 e. The van der Waals surface area contributed by atoms with Gasteiger partial charge in [-0.2, -0.15) is 0 Å². The van der Waals surface area contributed by atoms with Crippen molar-refractivity contribution in [3.05, 3.63) is 17.3 Å². The lowest BCUT2D eigenvalue weighted by Crippen LogP contribution is -2.20. The van der Waals surface area contributed by atoms with Crippen LogP contribution in [0.2, 0.25) is 0 Å². The molecule has 92 valence electrons. The van der Waals surface area contributed by atoms with E-state index in [-0.39, 0.29) is 0 Å². The molecule has 2 heterocycles. The Morgan fingerprint density at radius 3 is 2.44 bits per heavy atom. The van der Waals surface area contributed by atoms with Crippen LogP contribution in [0.3, 0.4) is 0 Å². The quantitative estimate of drug-likeness (QED) is 0.731. The molecule has 0 aliphatic carbocycles. The van der Waals surface area contributed by atoms with Crippen molar-refractivity contribution in [3.8, 4) is 5.88 Å². The van der Waals surface area contributed by atoms with Crippen LogP contribution in [0.25, 0.3) is 0 Å². The van der Waals surface area contributed by atoms with Crippen molar-refractivity contribution in [3.63, 3.8) is 0 Å². The van der Waals surface area contributed by atoms with E-state index >= 15 is 0 Å². The molecular weight excluding hydrogens is 200 g/mol. The van der Waals surface area contributed by atoms with Crippen molar-refractivity contribution in [1.29, 1.82) is 0 Å². The monoisotopic (exact) mass is 224 g/mol. The van der Waals surface area contributed by atoms with Crippen LogP contribution < -0.4 is 10.1 Å². The fraction of sp³-hybridized carbons (Fsp3) is 0.615. The standard InChI is InChI=1S/C9H12N2O.2C2H6/c1-6-5-11-9-8(7(6)2)10-3-4-12-9;2*1-2/h5,10H,3-4H2,1-2H3;2*1-2H3. The first-order valence-electron chi connectivity index (χ1n) is 6.12. The molecule has 2 rings (SSSR count). The second kappa shape index (κ2) is 7.97. The summed E-state index contributed by atoms with van der Waals surface area (Å²) in [7, 11) is 0. The molecule has 0 saturated heterocycles. The van der Waals surface area contributed by atoms with E-state index in [0.29, 0.717) is 6.61 Å². The number of aromatic nitrogens is 1. The number of rotatable bonds is 0. The Balaban J connectivity index is 0.000000509. The van der Waals surface area contributed by atoms with E-state index in [0.717, 1.165) is 18.1 Å². The van der Waals surface area contributed by atoms with Crippen LogP contribution in [-0.4, -0.2) is 18.1 Å². The molecule has 0 bridgehead atoms. The third-order valence-corrected chi connectivity index (χ3v) is 2.20. The first kappa shape index (κ1) is 14.8. The minimum atomic E-state index is 0.711. The van der Waals surface area contributed by atoms with Crippen LogP contribution in [0.15, 0.2) is 6.20 Å². The normalized spacial score (nSPS) is 11.6. The number of fused-ring (bicyclic) bond motifs is 1. The molecule has 16 heavy (non-hydrogen) atoms. The van der Waals surface area contributed by atoms with Gasteiger partial charge in [-0.15, -0.1) is 0 Å². The third-order valence-electron chi connectivity index (χ3n) is 2.20. The van der Waals surface area contributed by atoms with Crippen molar-refractivity contribution in [1.82, 2.24) is 4.98 Å². The second-order valence-electron chi connectivity index (χ2n) is 3.02. The van der Waals surface area contributed by atoms with Gasteiger partial charge in [0.25, 0.3) is 0 Å². The summed E-state index contributed by atoms with van der Waals surface area (Å²) in [6.45, 7) is 13.7. The van der Waals surface area contributed by atoms with Gasteiger partial charge in [0.05, 0.1) is 0 Å². The second-order valence-corrected chi connectivity index (χ2v) is 3.02. The highest BCUT2D eigenvalue weighted by atomic mass is 16.5. The molecule has 0 aromatic carbocycles. The number of hydrogen-bond acceptors (Lipinski definition) is 3. The molecule has 1 N–H and O–H groups in total. The Labute approximate surface area is 99.2 Å². The first-order valence-corrected chi connectivity index (χ1v) is 6.12. The van der Waals surface area contributed by atoms with Gasteiger partial charge in [0, 0.05) is 12.7 Å². The van der Waals surface area contributed by atoms with Gasteiger partial charge in [0.1, 0.15) is 12.3 Å². The molecule has 0 amide bonds. The zero-order valence-corrected chi connectivity index (χ0v) is 11.3. The molecule has 3 nitrogen and oxygen atoms in total. The Kier molecular flexibility index (Phi) is 7.34. The average Bonchev–Trinajstić information content (AvgIpc) is 2.39. The predicted octanol–water partition coefficient (Wildman–Crippen LogP) is 3.56. The van der Waals surface area contributed by atoms with Gasteiger partial charge in [0.15, 0.2) is 0 Å². The smallest absolute Gasteiger partial charge is 0.237 e. The maximum Gasteiger partial charge on any atom is 0.237 e. The van der Waals surface area contributed by atoms with Gasteiger partial charge in [-0.1, -0.05) is 27.7 Å². The lowest BCUT2D eigenvalue weighted by atomic mass is 10.1. The first-order chi connectivity index (χ1) is 7.79. The molecule has 0 unspecified atom stereocenters. The van der Waals surface area contributed by atoms with Crippen molar-refractivity contribution in [2.75, 3.05) is 18.5 Å². The van der Waals surface area contributed by atoms with Crippen molar-refractivity contribution in [2.24, 2.45) is 0 Å². The molecule has 0 radical (unpaired) electrons. The van der Waals surface area contributed by atoms with E-state index in [1.54, 1.807) is 0 Å². The van der Waals surface area contributed by atoms with Crippen LogP contribution in [0.4, 0.5) is 5.69 Å². The van der Waals surface area contributed by atoms with Crippen molar-refractivity contribution >= 4 is 5.69 Å². The maximum absolute atomic E-state index is 5.39. The van der Waals surface area contributed by atoms with E-state index in [1.165, 1.54) is 11.1 Å². The van der Waals surface area contributed by atoms with Crippen molar-refractivity contribution < 1.29 is 4.74 Å². The van der Waals surface area contributed by atoms with Crippen LogP contribution in [0.5, 0.6) is 5.88 Å². The summed E-state index contributed by atoms with van der Waals surface area (Å²) >= 11 is 0. The third kappa shape index (κ3) is 3.40. The summed E-state index contributed by atoms with van der Waals surface area (Å²) in [5.74, 6) is 0.740. The fourth-order valence-corrected chi connectivity index (χ4v) is 1.32. The summed E-state index contributed by atoms with van der Waals surface area (Å²) < 4.78 is 5.39. The number of nitrogens with zero attached hydrogens (tertiary/aromatic N) is 1. The zero-order valence-electron chi connectivity index (χ0n) is 11.3. The Morgan fingerprint density at radius 1 is 1.19 bits per heavy atom. The lowest BCUT2D eigenvalue weighted by Gasteiger charge is -2.20. The summed E-state index contributed by atoms with van der Waals surface area (Å²) in [6.07, 6.45) is 1.85. The Morgan fingerprint density at radius 2 is 1.81 bits per heavy atom. The minimum Gasteiger partial charge on any atom is -0.474 e. The summed E-state index contributed by atoms with van der Waals surface area (Å²) in [4.78, 5) is 4.19. The molecular formula is C13H24N2O. The van der Waals surface area contributed by atoms with Gasteiger partial charge >= 0.3 is 0 Å². The molecule has 0 atom stereocenters. The number of ether oxygens (including phenoxy) is 1. The van der Waals surface area contributed by atoms with Gasteiger partial charge in [-0.3, -0.25) is 0 Å². The molecule has 0 fully saturated rings. The van der Waals surface area contributed by atoms with Crippen LogP contribution in [0.1, 0.15) is 38.8 Å². The topological polar surface area (TPSA) is 34.2 Å². The number of nitrogens with one attached hydrogen (secondary N) is 1. The van der Waals surface area contributed by atoms with E-state index in [2.05, 4.69) is 24.1 Å². The van der Waals surface area contributed by atoms with Gasteiger partial charge in [0.2, 0.25) is 5.88 Å². The van der Waals surface area contributed by atoms with E-state index in [4.69, 9.17) is 4.74 Å². The predicted molar refractivity (Wildman–Crippen MR) is 70.4 cm³/mol. The summed E-state index contributed by atoms with van der Waals surface area (Å²) in [5.41, 5.74) is 3.49. The number of aryl methyl sites for hydroxylation is 1. The zero-order chi connectivity index (χ0) is 12.6. The molecule has 1 aliphatic heterocycles. The van der Waals surface area contributed by atoms with Crippen LogP contribution in [0, 0.1) is 13.8 Å².